The van der Waals surface area contributed by atoms with Crippen LogP contribution in [0, 0.1) is 5.92 Å². The summed E-state index contributed by atoms with van der Waals surface area (Å²) >= 11 is 0. The molecule has 2 amide bonds. The van der Waals surface area contributed by atoms with Crippen LogP contribution in [0.4, 0.5) is 5.69 Å². The largest absolute Gasteiger partial charge is 0.490 e. The molecule has 33 heavy (non-hydrogen) atoms. The summed E-state index contributed by atoms with van der Waals surface area (Å²) in [6, 6.07) is 11.7. The molecule has 1 aliphatic rings. The third-order valence-corrected chi connectivity index (χ3v) is 6.05. The number of ether oxygens (including phenoxy) is 1. The van der Waals surface area contributed by atoms with Crippen LogP contribution in [0.3, 0.4) is 0 Å². The van der Waals surface area contributed by atoms with E-state index >= 15 is 0 Å². The third kappa shape index (κ3) is 6.10. The van der Waals surface area contributed by atoms with E-state index in [0.29, 0.717) is 28.1 Å². The zero-order valence-electron chi connectivity index (χ0n) is 19.0. The molecule has 9 nitrogen and oxygen atoms in total. The lowest BCUT2D eigenvalue weighted by Crippen LogP contribution is -2.48. The molecule has 0 bridgehead atoms. The van der Waals surface area contributed by atoms with Crippen LogP contribution in [0.15, 0.2) is 46.9 Å². The highest BCUT2D eigenvalue weighted by Crippen LogP contribution is 2.28. The number of sulfonamides is 1. The quantitative estimate of drug-likeness (QED) is 0.565. The van der Waals surface area contributed by atoms with E-state index in [1.54, 1.807) is 70.2 Å². The summed E-state index contributed by atoms with van der Waals surface area (Å²) in [7, 11) is -3.64. The number of nitrogens with two attached hydrogens (primary N) is 1. The smallest absolute Gasteiger partial charge is 0.259 e. The van der Waals surface area contributed by atoms with Crippen LogP contribution in [0.2, 0.25) is 0 Å². The predicted molar refractivity (Wildman–Crippen MR) is 127 cm³/mol. The zero-order chi connectivity index (χ0) is 24.4. The van der Waals surface area contributed by atoms with Gasteiger partial charge in [-0.25, -0.2) is 8.42 Å². The lowest BCUT2D eigenvalue weighted by atomic mass is 10.0. The Kier molecular flexibility index (Phi) is 6.78. The molecule has 0 unspecified atom stereocenters. The Morgan fingerprint density at radius 3 is 2.58 bits per heavy atom. The minimum atomic E-state index is -3.64. The Labute approximate surface area is 193 Å². The summed E-state index contributed by atoms with van der Waals surface area (Å²) in [5, 5.41) is 5.69. The Morgan fingerprint density at radius 2 is 1.88 bits per heavy atom. The molecular formula is C23H28N4O5S. The average molecular weight is 473 g/mol. The maximum Gasteiger partial charge on any atom is 0.259 e. The van der Waals surface area contributed by atoms with Crippen molar-refractivity contribution in [2.45, 2.75) is 39.0 Å². The van der Waals surface area contributed by atoms with Crippen LogP contribution in [0.25, 0.3) is 0 Å². The molecule has 0 spiro atoms. The fourth-order valence-corrected chi connectivity index (χ4v) is 4.32. The van der Waals surface area contributed by atoms with Gasteiger partial charge in [0.2, 0.25) is 5.91 Å². The van der Waals surface area contributed by atoms with Gasteiger partial charge in [0.05, 0.1) is 16.9 Å². The highest BCUT2D eigenvalue weighted by molar-refractivity contribution is 7.89. The molecule has 0 saturated carbocycles. The fourth-order valence-electron chi connectivity index (χ4n) is 3.23. The number of benzene rings is 2. The zero-order valence-corrected chi connectivity index (χ0v) is 19.8. The van der Waals surface area contributed by atoms with E-state index in [1.165, 1.54) is 0 Å². The van der Waals surface area contributed by atoms with Crippen molar-refractivity contribution >= 4 is 33.4 Å². The number of nitrogens with one attached hydrogen (secondary N) is 2. The molecule has 0 fully saturated rings. The molecule has 0 atom stereocenters. The van der Waals surface area contributed by atoms with Gasteiger partial charge in [-0.3, -0.25) is 9.59 Å². The molecular weight excluding hydrogens is 444 g/mol. The number of hydrogen-bond donors (Lipinski definition) is 3. The molecule has 1 heterocycles. The van der Waals surface area contributed by atoms with Gasteiger partial charge >= 0.3 is 0 Å². The SMILES string of the molecule is CC(C)C(=O)Nc1cccc(C(=O)NC(C)(C)COc2cccc3c2C(N)=NS(=O)(=O)C3)c1. The van der Waals surface area contributed by atoms with Crippen molar-refractivity contribution in [1.29, 1.82) is 0 Å². The van der Waals surface area contributed by atoms with E-state index in [4.69, 9.17) is 10.5 Å². The lowest BCUT2D eigenvalue weighted by Gasteiger charge is -2.27. The molecule has 10 heteroatoms. The first-order valence-corrected chi connectivity index (χ1v) is 12.0. The molecule has 1 aliphatic heterocycles. The topological polar surface area (TPSA) is 140 Å². The van der Waals surface area contributed by atoms with Crippen molar-refractivity contribution in [2.75, 3.05) is 11.9 Å². The van der Waals surface area contributed by atoms with Gasteiger partial charge in [-0.15, -0.1) is 4.40 Å². The van der Waals surface area contributed by atoms with E-state index < -0.39 is 15.6 Å². The van der Waals surface area contributed by atoms with Crippen molar-refractivity contribution < 1.29 is 22.7 Å². The maximum absolute atomic E-state index is 12.8. The standard InChI is InChI=1S/C23H28N4O5S/c1-14(2)21(28)25-17-9-5-7-15(11-17)22(29)26-23(3,4)13-32-18-10-6-8-16-12-33(30,31)27-20(24)19(16)18/h5-11,14H,12-13H2,1-4H3,(H2,24,27)(H,25,28)(H,26,29). The number of rotatable bonds is 7. The van der Waals surface area contributed by atoms with Crippen LogP contribution in [-0.4, -0.2) is 38.2 Å². The molecule has 0 aromatic heterocycles. The van der Waals surface area contributed by atoms with Gasteiger partial charge < -0.3 is 21.1 Å². The highest BCUT2D eigenvalue weighted by Gasteiger charge is 2.27. The number of anilines is 1. The minimum absolute atomic E-state index is 0.0962. The maximum atomic E-state index is 12.8. The monoisotopic (exact) mass is 472 g/mol. The first-order chi connectivity index (χ1) is 15.4. The number of hydrogen-bond acceptors (Lipinski definition) is 6. The number of carbonyl (C=O) groups is 2. The highest BCUT2D eigenvalue weighted by atomic mass is 32.2. The van der Waals surface area contributed by atoms with E-state index in [9.17, 15) is 18.0 Å². The third-order valence-electron chi connectivity index (χ3n) is 4.90. The number of amides is 2. The summed E-state index contributed by atoms with van der Waals surface area (Å²) in [6.07, 6.45) is 0. The number of fused-ring (bicyclic) bond motifs is 1. The van der Waals surface area contributed by atoms with Crippen molar-refractivity contribution in [3.05, 3.63) is 59.2 Å². The number of nitrogens with zero attached hydrogens (tertiary/aromatic N) is 1. The van der Waals surface area contributed by atoms with E-state index in [-0.39, 0.29) is 35.9 Å². The van der Waals surface area contributed by atoms with Crippen LogP contribution in [-0.2, 0) is 20.6 Å². The second-order valence-corrected chi connectivity index (χ2v) is 10.5. The normalized spacial score (nSPS) is 14.8. The minimum Gasteiger partial charge on any atom is -0.490 e. The molecule has 3 rings (SSSR count). The Hall–Kier alpha value is -3.40. The van der Waals surface area contributed by atoms with E-state index in [1.807, 2.05) is 0 Å². The summed E-state index contributed by atoms with van der Waals surface area (Å²) in [5.74, 6) is -0.612. The van der Waals surface area contributed by atoms with Crippen LogP contribution < -0.4 is 21.1 Å². The summed E-state index contributed by atoms with van der Waals surface area (Å²) in [4.78, 5) is 24.7. The molecule has 2 aromatic carbocycles. The van der Waals surface area contributed by atoms with Crippen LogP contribution in [0.1, 0.15) is 49.2 Å². The molecule has 4 N–H and O–H groups in total. The van der Waals surface area contributed by atoms with Crippen molar-refractivity contribution in [3.63, 3.8) is 0 Å². The Morgan fingerprint density at radius 1 is 1.18 bits per heavy atom. The van der Waals surface area contributed by atoms with Crippen LogP contribution >= 0.6 is 0 Å². The van der Waals surface area contributed by atoms with Crippen molar-refractivity contribution in [3.8, 4) is 5.75 Å². The first kappa shape index (κ1) is 24.2. The van der Waals surface area contributed by atoms with Gasteiger partial charge in [-0.2, -0.15) is 0 Å². The number of carbonyl (C=O) groups excluding carboxylic acids is 2. The van der Waals surface area contributed by atoms with Gasteiger partial charge in [0, 0.05) is 17.2 Å². The van der Waals surface area contributed by atoms with Gasteiger partial charge in [-0.1, -0.05) is 32.0 Å². The van der Waals surface area contributed by atoms with Crippen LogP contribution in [0.5, 0.6) is 5.75 Å². The fraction of sp³-hybridized carbons (Fsp3) is 0.348. The average Bonchev–Trinajstić information content (AvgIpc) is 2.71. The van der Waals surface area contributed by atoms with Crippen molar-refractivity contribution in [2.24, 2.45) is 16.0 Å². The van der Waals surface area contributed by atoms with Gasteiger partial charge in [0.15, 0.2) is 0 Å². The van der Waals surface area contributed by atoms with E-state index in [0.717, 1.165) is 0 Å². The molecule has 2 aromatic rings. The van der Waals surface area contributed by atoms with Gasteiger partial charge in [0.25, 0.3) is 15.9 Å². The van der Waals surface area contributed by atoms with E-state index in [2.05, 4.69) is 15.0 Å². The second-order valence-electron chi connectivity index (χ2n) is 8.84. The Bertz CT molecular complexity index is 1220. The second kappa shape index (κ2) is 9.22. The predicted octanol–water partition coefficient (Wildman–Crippen LogP) is 2.42. The molecule has 0 aliphatic carbocycles. The molecule has 0 saturated heterocycles. The molecule has 0 radical (unpaired) electrons. The summed E-state index contributed by atoms with van der Waals surface area (Å²) < 4.78 is 33.2. The summed E-state index contributed by atoms with van der Waals surface area (Å²) in [5.41, 5.74) is 7.00. The first-order valence-electron chi connectivity index (χ1n) is 10.4. The Balaban J connectivity index is 1.70. The van der Waals surface area contributed by atoms with Gasteiger partial charge in [-0.05, 0) is 43.7 Å². The number of amidine groups is 1. The lowest BCUT2D eigenvalue weighted by molar-refractivity contribution is -0.118. The molecule has 176 valence electrons. The van der Waals surface area contributed by atoms with Gasteiger partial charge in [0.1, 0.15) is 18.2 Å². The summed E-state index contributed by atoms with van der Waals surface area (Å²) in [6.45, 7) is 7.27. The van der Waals surface area contributed by atoms with Crippen molar-refractivity contribution in [1.82, 2.24) is 5.32 Å².